The molecule has 0 aliphatic rings. The molecule has 0 fully saturated rings. The number of carbonyl (C=O) groups is 1. The molecule has 1 N–H and O–H groups in total. The number of nitrogens with zero attached hydrogens (tertiary/aromatic N) is 1. The summed E-state index contributed by atoms with van der Waals surface area (Å²) in [4.78, 5) is 15.5. The van der Waals surface area contributed by atoms with Gasteiger partial charge in [0.25, 0.3) is 0 Å². The molecule has 0 radical (unpaired) electrons. The molecule has 5 heteroatoms. The lowest BCUT2D eigenvalue weighted by Crippen LogP contribution is -2.27. The maximum Gasteiger partial charge on any atom is 0.327 e. The number of ether oxygens (including phenoxy) is 1. The fraction of sp³-hybridized carbons (Fsp3) is 0.231. The molecule has 94 valence electrons. The summed E-state index contributed by atoms with van der Waals surface area (Å²) in [6.07, 6.45) is 1.78. The summed E-state index contributed by atoms with van der Waals surface area (Å²) in [6.45, 7) is 1.76. The minimum Gasteiger partial charge on any atom is -0.467 e. The highest BCUT2D eigenvalue weighted by molar-refractivity contribution is 7.13. The van der Waals surface area contributed by atoms with Gasteiger partial charge in [0, 0.05) is 22.8 Å². The van der Waals surface area contributed by atoms with E-state index in [1.54, 1.807) is 24.5 Å². The second-order valence-corrected chi connectivity index (χ2v) is 4.70. The number of nitrogens with one attached hydrogen (secondary N) is 1. The molecule has 4 nitrogen and oxygen atoms in total. The van der Waals surface area contributed by atoms with Crippen molar-refractivity contribution in [1.29, 1.82) is 0 Å². The van der Waals surface area contributed by atoms with Gasteiger partial charge < -0.3 is 10.1 Å². The van der Waals surface area contributed by atoms with Crippen LogP contribution in [-0.4, -0.2) is 24.1 Å². The van der Waals surface area contributed by atoms with Gasteiger partial charge >= 0.3 is 5.97 Å². The summed E-state index contributed by atoms with van der Waals surface area (Å²) in [5.41, 5.74) is 1.95. The number of methoxy groups -OCH3 is 1. The van der Waals surface area contributed by atoms with E-state index in [9.17, 15) is 4.79 Å². The molecule has 1 heterocycles. The first kappa shape index (κ1) is 12.6. The van der Waals surface area contributed by atoms with Crippen LogP contribution in [0.1, 0.15) is 6.92 Å². The van der Waals surface area contributed by atoms with Crippen molar-refractivity contribution in [3.8, 4) is 10.6 Å². The van der Waals surface area contributed by atoms with Crippen molar-refractivity contribution in [2.45, 2.75) is 13.0 Å². The average molecular weight is 262 g/mol. The maximum absolute atomic E-state index is 11.3. The van der Waals surface area contributed by atoms with Crippen molar-refractivity contribution in [3.05, 3.63) is 35.8 Å². The van der Waals surface area contributed by atoms with Crippen LogP contribution in [0, 0.1) is 0 Å². The minimum absolute atomic E-state index is 0.279. The highest BCUT2D eigenvalue weighted by atomic mass is 32.1. The van der Waals surface area contributed by atoms with Gasteiger partial charge in [0.1, 0.15) is 11.0 Å². The summed E-state index contributed by atoms with van der Waals surface area (Å²) >= 11 is 1.60. The third-order valence-corrected chi connectivity index (χ3v) is 3.32. The van der Waals surface area contributed by atoms with Crippen LogP contribution >= 0.6 is 11.3 Å². The third kappa shape index (κ3) is 2.87. The molecular weight excluding hydrogens is 248 g/mol. The molecule has 0 aliphatic heterocycles. The fourth-order valence-corrected chi connectivity index (χ4v) is 2.21. The van der Waals surface area contributed by atoms with Gasteiger partial charge in [-0.2, -0.15) is 0 Å². The molecule has 1 aromatic carbocycles. The molecule has 1 aromatic heterocycles. The summed E-state index contributed by atoms with van der Waals surface area (Å²) in [5.74, 6) is -0.279. The topological polar surface area (TPSA) is 51.2 Å². The van der Waals surface area contributed by atoms with E-state index in [1.165, 1.54) is 7.11 Å². The predicted molar refractivity (Wildman–Crippen MR) is 72.7 cm³/mol. The Labute approximate surface area is 110 Å². The number of hydrogen-bond acceptors (Lipinski definition) is 5. The first-order chi connectivity index (χ1) is 8.70. The van der Waals surface area contributed by atoms with Crippen molar-refractivity contribution in [2.24, 2.45) is 0 Å². The molecule has 2 aromatic rings. The van der Waals surface area contributed by atoms with Crippen LogP contribution in [0.2, 0.25) is 0 Å². The number of hydrogen-bond donors (Lipinski definition) is 1. The van der Waals surface area contributed by atoms with Crippen molar-refractivity contribution in [1.82, 2.24) is 4.98 Å². The van der Waals surface area contributed by atoms with Crippen molar-refractivity contribution in [2.75, 3.05) is 12.4 Å². The van der Waals surface area contributed by atoms with E-state index in [4.69, 9.17) is 0 Å². The lowest BCUT2D eigenvalue weighted by Gasteiger charge is -2.12. The summed E-state index contributed by atoms with van der Waals surface area (Å²) in [6, 6.07) is 7.45. The lowest BCUT2D eigenvalue weighted by molar-refractivity contribution is -0.141. The second-order valence-electron chi connectivity index (χ2n) is 3.80. The van der Waals surface area contributed by atoms with E-state index in [0.717, 1.165) is 16.3 Å². The van der Waals surface area contributed by atoms with Crippen LogP contribution in [-0.2, 0) is 9.53 Å². The Morgan fingerprint density at radius 3 is 2.67 bits per heavy atom. The fourth-order valence-electron chi connectivity index (χ4n) is 1.56. The van der Waals surface area contributed by atoms with E-state index in [0.29, 0.717) is 0 Å². The Kier molecular flexibility index (Phi) is 3.94. The van der Waals surface area contributed by atoms with E-state index < -0.39 is 0 Å². The normalized spacial score (nSPS) is 11.9. The smallest absolute Gasteiger partial charge is 0.327 e. The number of esters is 1. The van der Waals surface area contributed by atoms with Gasteiger partial charge in [-0.1, -0.05) is 0 Å². The van der Waals surface area contributed by atoms with Gasteiger partial charge in [-0.15, -0.1) is 11.3 Å². The summed E-state index contributed by atoms with van der Waals surface area (Å²) in [7, 11) is 1.38. The predicted octanol–water partition coefficient (Wildman–Crippen LogP) is 2.78. The number of rotatable bonds is 4. The summed E-state index contributed by atoms with van der Waals surface area (Å²) < 4.78 is 4.66. The Morgan fingerprint density at radius 2 is 2.11 bits per heavy atom. The highest BCUT2D eigenvalue weighted by Crippen LogP contribution is 2.23. The summed E-state index contributed by atoms with van der Waals surface area (Å²) in [5, 5.41) is 6.01. The molecule has 0 aliphatic carbocycles. The third-order valence-electron chi connectivity index (χ3n) is 2.50. The molecule has 0 saturated carbocycles. The number of benzene rings is 1. The Bertz CT molecular complexity index is 508. The zero-order chi connectivity index (χ0) is 13.0. The van der Waals surface area contributed by atoms with E-state index in [2.05, 4.69) is 15.0 Å². The molecule has 0 unspecified atom stereocenters. The van der Waals surface area contributed by atoms with Crippen molar-refractivity contribution >= 4 is 23.0 Å². The van der Waals surface area contributed by atoms with Gasteiger partial charge in [0.2, 0.25) is 0 Å². The van der Waals surface area contributed by atoms with Gasteiger partial charge in [-0.3, -0.25) is 0 Å². The Morgan fingerprint density at radius 1 is 1.39 bits per heavy atom. The molecule has 0 bridgehead atoms. The monoisotopic (exact) mass is 262 g/mol. The average Bonchev–Trinajstić information content (AvgIpc) is 2.92. The second kappa shape index (κ2) is 5.64. The number of carbonyl (C=O) groups excluding carboxylic acids is 1. The van der Waals surface area contributed by atoms with Crippen molar-refractivity contribution in [3.63, 3.8) is 0 Å². The quantitative estimate of drug-likeness (QED) is 0.861. The lowest BCUT2D eigenvalue weighted by atomic mass is 10.2. The molecule has 2 rings (SSSR count). The maximum atomic E-state index is 11.3. The zero-order valence-electron chi connectivity index (χ0n) is 10.2. The first-order valence-corrected chi connectivity index (χ1v) is 6.43. The molecule has 0 spiro atoms. The van der Waals surface area contributed by atoms with E-state index in [-0.39, 0.29) is 12.0 Å². The molecule has 18 heavy (non-hydrogen) atoms. The number of anilines is 1. The minimum atomic E-state index is -0.360. The van der Waals surface area contributed by atoms with Crippen LogP contribution in [0.4, 0.5) is 5.69 Å². The van der Waals surface area contributed by atoms with Gasteiger partial charge in [-0.05, 0) is 31.2 Å². The molecule has 0 saturated heterocycles. The van der Waals surface area contributed by atoms with Gasteiger partial charge in [0.15, 0.2) is 0 Å². The highest BCUT2D eigenvalue weighted by Gasteiger charge is 2.12. The van der Waals surface area contributed by atoms with E-state index >= 15 is 0 Å². The molecular formula is C13H14N2O2S. The number of thiazole rings is 1. The molecule has 1 atom stereocenters. The van der Waals surface area contributed by atoms with Crippen LogP contribution < -0.4 is 5.32 Å². The standard InChI is InChI=1S/C13H14N2O2S/c1-9(13(16)17-2)15-11-5-3-10(4-6-11)12-14-7-8-18-12/h3-9,15H,1-2H3/t9-/m0/s1. The van der Waals surface area contributed by atoms with E-state index in [1.807, 2.05) is 29.6 Å². The largest absolute Gasteiger partial charge is 0.467 e. The van der Waals surface area contributed by atoms with Crippen LogP contribution in [0.25, 0.3) is 10.6 Å². The van der Waals surface area contributed by atoms with Crippen molar-refractivity contribution < 1.29 is 9.53 Å². The van der Waals surface area contributed by atoms with Crippen LogP contribution in [0.3, 0.4) is 0 Å². The van der Waals surface area contributed by atoms with Gasteiger partial charge in [-0.25, -0.2) is 9.78 Å². The SMILES string of the molecule is COC(=O)[C@H](C)Nc1ccc(-c2nccs2)cc1. The Balaban J connectivity index is 2.06. The first-order valence-electron chi connectivity index (χ1n) is 5.55. The van der Waals surface area contributed by atoms with Crippen LogP contribution in [0.5, 0.6) is 0 Å². The van der Waals surface area contributed by atoms with Gasteiger partial charge in [0.05, 0.1) is 7.11 Å². The Hall–Kier alpha value is -1.88. The zero-order valence-corrected chi connectivity index (χ0v) is 11.0. The molecule has 0 amide bonds. The van der Waals surface area contributed by atoms with Crippen LogP contribution in [0.15, 0.2) is 35.8 Å². The number of aromatic nitrogens is 1.